The summed E-state index contributed by atoms with van der Waals surface area (Å²) in [6, 6.07) is 11.5. The zero-order valence-electron chi connectivity index (χ0n) is 15.3. The number of nitrogens with zero attached hydrogens (tertiary/aromatic N) is 1. The van der Waals surface area contributed by atoms with Gasteiger partial charge in [0.15, 0.2) is 0 Å². The molecule has 4 nitrogen and oxygen atoms in total. The van der Waals surface area contributed by atoms with E-state index in [9.17, 15) is 9.18 Å². The molecule has 1 amide bonds. The largest absolute Gasteiger partial charge is 0.320 e. The standard InChI is InChI=1S/C21H22FN3OS/c1-13(2)11-18(23)21(26)25-19-12-17(14-3-5-16(22)6-4-14)20(27-19)15-7-9-24-10-8-15/h3-10,12-13,18H,11,23H2,1-2H3,(H,25,26)/t18-/m0/s1. The first-order chi connectivity index (χ1) is 12.9. The van der Waals surface area contributed by atoms with Gasteiger partial charge in [-0.05, 0) is 53.8 Å². The van der Waals surface area contributed by atoms with Crippen LogP contribution in [0.5, 0.6) is 0 Å². The fourth-order valence-electron chi connectivity index (χ4n) is 2.84. The lowest BCUT2D eigenvalue weighted by Gasteiger charge is -2.13. The first-order valence-corrected chi connectivity index (χ1v) is 9.62. The highest BCUT2D eigenvalue weighted by Gasteiger charge is 2.18. The number of benzene rings is 1. The van der Waals surface area contributed by atoms with Crippen LogP contribution in [0.1, 0.15) is 20.3 Å². The van der Waals surface area contributed by atoms with Gasteiger partial charge >= 0.3 is 0 Å². The van der Waals surface area contributed by atoms with Gasteiger partial charge < -0.3 is 11.1 Å². The van der Waals surface area contributed by atoms with Crippen molar-refractivity contribution in [2.75, 3.05) is 5.32 Å². The van der Waals surface area contributed by atoms with Crippen molar-refractivity contribution in [3.05, 3.63) is 60.7 Å². The Labute approximate surface area is 162 Å². The van der Waals surface area contributed by atoms with Gasteiger partial charge in [0, 0.05) is 22.8 Å². The van der Waals surface area contributed by atoms with E-state index in [0.717, 1.165) is 21.6 Å². The third kappa shape index (κ3) is 4.78. The normalized spacial score (nSPS) is 12.2. The minimum absolute atomic E-state index is 0.197. The number of carbonyl (C=O) groups excluding carboxylic acids is 1. The fourth-order valence-corrected chi connectivity index (χ4v) is 3.93. The molecule has 0 bridgehead atoms. The molecule has 1 atom stereocenters. The van der Waals surface area contributed by atoms with E-state index in [2.05, 4.69) is 10.3 Å². The number of thiophene rings is 1. The monoisotopic (exact) mass is 383 g/mol. The molecular weight excluding hydrogens is 361 g/mol. The topological polar surface area (TPSA) is 68.0 Å². The van der Waals surface area contributed by atoms with Crippen LogP contribution in [0.3, 0.4) is 0 Å². The minimum Gasteiger partial charge on any atom is -0.320 e. The van der Waals surface area contributed by atoms with Crippen molar-refractivity contribution >= 4 is 22.2 Å². The van der Waals surface area contributed by atoms with Crippen molar-refractivity contribution in [1.29, 1.82) is 0 Å². The molecule has 0 unspecified atom stereocenters. The van der Waals surface area contributed by atoms with Gasteiger partial charge in [0.05, 0.1) is 11.0 Å². The summed E-state index contributed by atoms with van der Waals surface area (Å²) in [7, 11) is 0. The second-order valence-corrected chi connectivity index (χ2v) is 7.87. The lowest BCUT2D eigenvalue weighted by molar-refractivity contribution is -0.117. The number of halogens is 1. The average Bonchev–Trinajstić information content (AvgIpc) is 3.06. The summed E-state index contributed by atoms with van der Waals surface area (Å²) < 4.78 is 13.3. The number of amides is 1. The van der Waals surface area contributed by atoms with Crippen LogP contribution in [0.4, 0.5) is 9.39 Å². The molecule has 0 aliphatic rings. The minimum atomic E-state index is -0.550. The number of aromatic nitrogens is 1. The summed E-state index contributed by atoms with van der Waals surface area (Å²) in [6.45, 7) is 4.07. The molecule has 0 saturated carbocycles. The van der Waals surface area contributed by atoms with Gasteiger partial charge in [-0.3, -0.25) is 9.78 Å². The van der Waals surface area contributed by atoms with Crippen molar-refractivity contribution in [1.82, 2.24) is 4.98 Å². The van der Waals surface area contributed by atoms with E-state index in [1.165, 1.54) is 23.5 Å². The smallest absolute Gasteiger partial charge is 0.241 e. The molecule has 140 valence electrons. The molecule has 0 saturated heterocycles. The van der Waals surface area contributed by atoms with Crippen LogP contribution < -0.4 is 11.1 Å². The van der Waals surface area contributed by atoms with Crippen LogP contribution in [0.2, 0.25) is 0 Å². The fraction of sp³-hybridized carbons (Fsp3) is 0.238. The molecule has 0 fully saturated rings. The Morgan fingerprint density at radius 1 is 1.15 bits per heavy atom. The number of anilines is 1. The third-order valence-corrected chi connectivity index (χ3v) is 5.24. The molecule has 3 rings (SSSR count). The van der Waals surface area contributed by atoms with E-state index >= 15 is 0 Å². The zero-order valence-corrected chi connectivity index (χ0v) is 16.1. The van der Waals surface area contributed by atoms with E-state index in [1.54, 1.807) is 24.5 Å². The van der Waals surface area contributed by atoms with Crippen LogP contribution in [0, 0.1) is 11.7 Å². The Morgan fingerprint density at radius 3 is 2.44 bits per heavy atom. The Morgan fingerprint density at radius 2 is 1.81 bits per heavy atom. The van der Waals surface area contributed by atoms with Crippen molar-refractivity contribution in [2.24, 2.45) is 11.7 Å². The Bertz CT molecular complexity index is 907. The maximum atomic E-state index is 13.3. The molecule has 2 heterocycles. The molecule has 0 aliphatic heterocycles. The second kappa shape index (κ2) is 8.41. The van der Waals surface area contributed by atoms with Crippen LogP contribution in [0.15, 0.2) is 54.9 Å². The number of nitrogens with one attached hydrogen (secondary N) is 1. The number of hydrogen-bond donors (Lipinski definition) is 2. The van der Waals surface area contributed by atoms with Gasteiger partial charge in [-0.25, -0.2) is 4.39 Å². The summed E-state index contributed by atoms with van der Waals surface area (Å²) in [6.07, 6.45) is 4.07. The highest BCUT2D eigenvalue weighted by molar-refractivity contribution is 7.20. The van der Waals surface area contributed by atoms with E-state index in [-0.39, 0.29) is 11.7 Å². The van der Waals surface area contributed by atoms with Crippen LogP contribution in [0.25, 0.3) is 21.6 Å². The molecule has 2 aromatic heterocycles. The average molecular weight is 383 g/mol. The highest BCUT2D eigenvalue weighted by atomic mass is 32.1. The number of carbonyl (C=O) groups is 1. The van der Waals surface area contributed by atoms with Crippen molar-refractivity contribution in [3.63, 3.8) is 0 Å². The van der Waals surface area contributed by atoms with Crippen molar-refractivity contribution < 1.29 is 9.18 Å². The van der Waals surface area contributed by atoms with Gasteiger partial charge in [-0.1, -0.05) is 26.0 Å². The van der Waals surface area contributed by atoms with Crippen LogP contribution in [-0.2, 0) is 4.79 Å². The maximum Gasteiger partial charge on any atom is 0.241 e. The molecule has 0 aliphatic carbocycles. The molecule has 0 radical (unpaired) electrons. The first kappa shape index (κ1) is 19.2. The van der Waals surface area contributed by atoms with E-state index in [4.69, 9.17) is 5.73 Å². The van der Waals surface area contributed by atoms with E-state index in [1.807, 2.05) is 32.0 Å². The van der Waals surface area contributed by atoms with E-state index < -0.39 is 6.04 Å². The second-order valence-electron chi connectivity index (χ2n) is 6.82. The number of pyridine rings is 1. The Hall–Kier alpha value is -2.57. The predicted molar refractivity (Wildman–Crippen MR) is 109 cm³/mol. The van der Waals surface area contributed by atoms with Crippen LogP contribution in [-0.4, -0.2) is 16.9 Å². The summed E-state index contributed by atoms with van der Waals surface area (Å²) in [5.41, 5.74) is 8.79. The van der Waals surface area contributed by atoms with Crippen molar-refractivity contribution in [2.45, 2.75) is 26.3 Å². The summed E-state index contributed by atoms with van der Waals surface area (Å²) in [4.78, 5) is 17.4. The first-order valence-electron chi connectivity index (χ1n) is 8.80. The molecule has 3 aromatic rings. The summed E-state index contributed by atoms with van der Waals surface area (Å²) >= 11 is 1.47. The maximum absolute atomic E-state index is 13.3. The molecular formula is C21H22FN3OS. The van der Waals surface area contributed by atoms with Gasteiger partial charge in [-0.2, -0.15) is 0 Å². The molecule has 27 heavy (non-hydrogen) atoms. The third-order valence-electron chi connectivity index (χ3n) is 4.14. The Balaban J connectivity index is 1.95. The van der Waals surface area contributed by atoms with Gasteiger partial charge in [0.1, 0.15) is 5.82 Å². The highest BCUT2D eigenvalue weighted by Crippen LogP contribution is 2.41. The lowest BCUT2D eigenvalue weighted by atomic mass is 10.0. The number of rotatable bonds is 6. The van der Waals surface area contributed by atoms with Gasteiger partial charge in [0.25, 0.3) is 0 Å². The molecule has 0 spiro atoms. The van der Waals surface area contributed by atoms with E-state index in [0.29, 0.717) is 17.3 Å². The lowest BCUT2D eigenvalue weighted by Crippen LogP contribution is -2.36. The number of nitrogens with two attached hydrogens (primary N) is 1. The Kier molecular flexibility index (Phi) is 5.98. The molecule has 1 aromatic carbocycles. The summed E-state index contributed by atoms with van der Waals surface area (Å²) in [5.74, 6) is -0.138. The zero-order chi connectivity index (χ0) is 19.4. The SMILES string of the molecule is CC(C)C[C@H](N)C(=O)Nc1cc(-c2ccc(F)cc2)c(-c2ccncc2)s1. The van der Waals surface area contributed by atoms with Gasteiger partial charge in [-0.15, -0.1) is 11.3 Å². The van der Waals surface area contributed by atoms with Crippen LogP contribution >= 0.6 is 11.3 Å². The number of hydrogen-bond acceptors (Lipinski definition) is 4. The molecule has 3 N–H and O–H groups in total. The predicted octanol–water partition coefficient (Wildman–Crippen LogP) is 4.93. The summed E-state index contributed by atoms with van der Waals surface area (Å²) in [5, 5.41) is 3.64. The quantitative estimate of drug-likeness (QED) is 0.634. The molecule has 6 heteroatoms. The van der Waals surface area contributed by atoms with Crippen molar-refractivity contribution in [3.8, 4) is 21.6 Å². The van der Waals surface area contributed by atoms with Gasteiger partial charge in [0.2, 0.25) is 5.91 Å².